The number of hydroxylamine groups is 2. The molecule has 0 fully saturated rings. The van der Waals surface area contributed by atoms with Crippen molar-refractivity contribution in [1.29, 1.82) is 0 Å². The quantitative estimate of drug-likeness (QED) is 0.499. The normalized spacial score (nSPS) is 10.5. The Morgan fingerprint density at radius 2 is 1.33 bits per heavy atom. The Labute approximate surface area is 158 Å². The molecular formula is C23H19NO3. The molecule has 0 atom stereocenters. The first kappa shape index (κ1) is 18.1. The summed E-state index contributed by atoms with van der Waals surface area (Å²) < 4.78 is 0. The van der Waals surface area contributed by atoms with Gasteiger partial charge < -0.3 is 4.84 Å². The maximum atomic E-state index is 12.8. The number of hydrogen-bond acceptors (Lipinski definition) is 3. The van der Waals surface area contributed by atoms with Gasteiger partial charge in [-0.1, -0.05) is 78.9 Å². The molecule has 0 N–H and O–H groups in total. The van der Waals surface area contributed by atoms with Crippen molar-refractivity contribution < 1.29 is 14.4 Å². The first-order chi connectivity index (χ1) is 13.2. The Morgan fingerprint density at radius 3 is 1.96 bits per heavy atom. The number of benzene rings is 3. The molecule has 27 heavy (non-hydrogen) atoms. The second-order valence-corrected chi connectivity index (χ2v) is 5.85. The summed E-state index contributed by atoms with van der Waals surface area (Å²) in [5.41, 5.74) is 2.19. The van der Waals surface area contributed by atoms with Crippen LogP contribution >= 0.6 is 0 Å². The molecule has 0 heterocycles. The Bertz CT molecular complexity index is 906. The van der Waals surface area contributed by atoms with E-state index in [9.17, 15) is 9.59 Å². The van der Waals surface area contributed by atoms with Gasteiger partial charge in [0, 0.05) is 11.6 Å². The van der Waals surface area contributed by atoms with Gasteiger partial charge in [0.1, 0.15) is 0 Å². The van der Waals surface area contributed by atoms with Gasteiger partial charge >= 0.3 is 5.97 Å². The standard InChI is InChI=1S/C23H19NO3/c25-22(17-16-19-10-4-1-5-11-19)27-24(18-20-12-6-2-7-13-20)23(26)21-14-8-3-9-15-21/h1-17H,18H2/b17-16+. The maximum absolute atomic E-state index is 12.8. The van der Waals surface area contributed by atoms with E-state index in [0.29, 0.717) is 5.56 Å². The molecule has 3 aromatic carbocycles. The van der Waals surface area contributed by atoms with E-state index in [1.54, 1.807) is 30.3 Å². The zero-order chi connectivity index (χ0) is 18.9. The van der Waals surface area contributed by atoms with Crippen LogP contribution in [0.1, 0.15) is 21.5 Å². The van der Waals surface area contributed by atoms with E-state index in [-0.39, 0.29) is 12.5 Å². The lowest BCUT2D eigenvalue weighted by Gasteiger charge is -2.20. The van der Waals surface area contributed by atoms with Crippen LogP contribution in [-0.4, -0.2) is 16.9 Å². The largest absolute Gasteiger partial charge is 0.356 e. The third-order valence-corrected chi connectivity index (χ3v) is 3.83. The molecule has 0 spiro atoms. The topological polar surface area (TPSA) is 46.6 Å². The highest BCUT2D eigenvalue weighted by molar-refractivity contribution is 5.95. The minimum Gasteiger partial charge on any atom is -0.333 e. The molecule has 0 saturated carbocycles. The van der Waals surface area contributed by atoms with E-state index in [0.717, 1.165) is 16.2 Å². The first-order valence-corrected chi connectivity index (χ1v) is 8.58. The average Bonchev–Trinajstić information content (AvgIpc) is 2.73. The molecule has 0 unspecified atom stereocenters. The SMILES string of the molecule is O=C(/C=C/c1ccccc1)ON(Cc1ccccc1)C(=O)c1ccccc1. The van der Waals surface area contributed by atoms with Crippen molar-refractivity contribution in [2.45, 2.75) is 6.54 Å². The van der Waals surface area contributed by atoms with Crippen molar-refractivity contribution in [2.75, 3.05) is 0 Å². The van der Waals surface area contributed by atoms with Crippen LogP contribution in [0, 0.1) is 0 Å². The van der Waals surface area contributed by atoms with Crippen molar-refractivity contribution in [2.24, 2.45) is 0 Å². The number of amides is 1. The van der Waals surface area contributed by atoms with Crippen LogP contribution in [0.2, 0.25) is 0 Å². The molecule has 0 saturated heterocycles. The minimum absolute atomic E-state index is 0.166. The predicted molar refractivity (Wildman–Crippen MR) is 104 cm³/mol. The number of hydrogen-bond donors (Lipinski definition) is 0. The number of rotatable bonds is 5. The zero-order valence-electron chi connectivity index (χ0n) is 14.7. The lowest BCUT2D eigenvalue weighted by atomic mass is 10.2. The van der Waals surface area contributed by atoms with Crippen molar-refractivity contribution in [3.05, 3.63) is 114 Å². The predicted octanol–water partition coefficient (Wildman–Crippen LogP) is 4.50. The Balaban J connectivity index is 1.75. The van der Waals surface area contributed by atoms with Crippen LogP contribution in [0.3, 0.4) is 0 Å². The average molecular weight is 357 g/mol. The van der Waals surface area contributed by atoms with Crippen molar-refractivity contribution in [1.82, 2.24) is 5.06 Å². The highest BCUT2D eigenvalue weighted by Crippen LogP contribution is 2.12. The van der Waals surface area contributed by atoms with Crippen LogP contribution in [0.5, 0.6) is 0 Å². The number of carbonyl (C=O) groups is 2. The minimum atomic E-state index is -0.612. The van der Waals surface area contributed by atoms with Gasteiger partial charge in [-0.05, 0) is 29.3 Å². The molecule has 3 aromatic rings. The smallest absolute Gasteiger partial charge is 0.333 e. The third kappa shape index (κ3) is 5.41. The van der Waals surface area contributed by atoms with E-state index in [1.807, 2.05) is 66.7 Å². The Morgan fingerprint density at radius 1 is 0.778 bits per heavy atom. The summed E-state index contributed by atoms with van der Waals surface area (Å²) in [4.78, 5) is 30.4. The monoisotopic (exact) mass is 357 g/mol. The van der Waals surface area contributed by atoms with Crippen LogP contribution in [-0.2, 0) is 16.2 Å². The molecule has 0 radical (unpaired) electrons. The molecule has 3 rings (SSSR count). The van der Waals surface area contributed by atoms with Gasteiger partial charge in [0.2, 0.25) is 0 Å². The molecule has 0 bridgehead atoms. The van der Waals surface area contributed by atoms with Gasteiger partial charge in [0.25, 0.3) is 5.91 Å². The molecule has 134 valence electrons. The second kappa shape index (κ2) is 9.15. The summed E-state index contributed by atoms with van der Waals surface area (Å²) in [5.74, 6) is -0.986. The molecule has 0 aliphatic rings. The fourth-order valence-electron chi connectivity index (χ4n) is 2.49. The third-order valence-electron chi connectivity index (χ3n) is 3.83. The molecular weight excluding hydrogens is 338 g/mol. The van der Waals surface area contributed by atoms with Gasteiger partial charge in [-0.25, -0.2) is 4.79 Å². The highest BCUT2D eigenvalue weighted by Gasteiger charge is 2.19. The molecule has 0 aliphatic carbocycles. The second-order valence-electron chi connectivity index (χ2n) is 5.85. The van der Waals surface area contributed by atoms with Crippen molar-refractivity contribution in [3.8, 4) is 0 Å². The number of carbonyl (C=O) groups excluding carboxylic acids is 2. The molecule has 1 amide bonds. The maximum Gasteiger partial charge on any atom is 0.356 e. The summed E-state index contributed by atoms with van der Waals surface area (Å²) in [6.07, 6.45) is 2.96. The first-order valence-electron chi connectivity index (χ1n) is 8.58. The van der Waals surface area contributed by atoms with E-state index in [4.69, 9.17) is 4.84 Å². The fourth-order valence-corrected chi connectivity index (χ4v) is 2.49. The molecule has 4 heteroatoms. The van der Waals surface area contributed by atoms with E-state index < -0.39 is 5.97 Å². The van der Waals surface area contributed by atoms with Gasteiger partial charge in [-0.2, -0.15) is 5.06 Å². The van der Waals surface area contributed by atoms with Gasteiger partial charge in [-0.15, -0.1) is 0 Å². The van der Waals surface area contributed by atoms with Crippen LogP contribution < -0.4 is 0 Å². The van der Waals surface area contributed by atoms with E-state index in [1.165, 1.54) is 6.08 Å². The highest BCUT2D eigenvalue weighted by atomic mass is 16.7. The molecule has 0 aliphatic heterocycles. The van der Waals surface area contributed by atoms with Crippen LogP contribution in [0.25, 0.3) is 6.08 Å². The summed E-state index contributed by atoms with van der Waals surface area (Å²) in [5, 5.41) is 1.09. The Kier molecular flexibility index (Phi) is 6.15. The fraction of sp³-hybridized carbons (Fsp3) is 0.0435. The summed E-state index contributed by atoms with van der Waals surface area (Å²) in [7, 11) is 0. The summed E-state index contributed by atoms with van der Waals surface area (Å²) in [6, 6.07) is 27.5. The number of nitrogens with zero attached hydrogens (tertiary/aromatic N) is 1. The van der Waals surface area contributed by atoms with Crippen molar-refractivity contribution >= 4 is 18.0 Å². The van der Waals surface area contributed by atoms with E-state index in [2.05, 4.69) is 0 Å². The van der Waals surface area contributed by atoms with Gasteiger partial charge in [-0.3, -0.25) is 4.79 Å². The van der Waals surface area contributed by atoms with Crippen molar-refractivity contribution in [3.63, 3.8) is 0 Å². The molecule has 4 nitrogen and oxygen atoms in total. The summed E-state index contributed by atoms with van der Waals surface area (Å²) >= 11 is 0. The lowest BCUT2D eigenvalue weighted by molar-refractivity contribution is -0.173. The van der Waals surface area contributed by atoms with E-state index >= 15 is 0 Å². The van der Waals surface area contributed by atoms with Gasteiger partial charge in [0.05, 0.1) is 6.54 Å². The van der Waals surface area contributed by atoms with Crippen LogP contribution in [0.15, 0.2) is 97.1 Å². The van der Waals surface area contributed by atoms with Crippen LogP contribution in [0.4, 0.5) is 0 Å². The Hall–Kier alpha value is -3.66. The zero-order valence-corrected chi connectivity index (χ0v) is 14.7. The summed E-state index contributed by atoms with van der Waals surface area (Å²) in [6.45, 7) is 0.166. The molecule has 0 aromatic heterocycles. The van der Waals surface area contributed by atoms with Gasteiger partial charge in [0.15, 0.2) is 0 Å². The lowest BCUT2D eigenvalue weighted by Crippen LogP contribution is -2.32.